The van der Waals surface area contributed by atoms with Crippen LogP contribution in [0.5, 0.6) is 0 Å². The van der Waals surface area contributed by atoms with Crippen LogP contribution in [0.3, 0.4) is 0 Å². The van der Waals surface area contributed by atoms with Crippen molar-refractivity contribution in [3.8, 4) is 0 Å². The van der Waals surface area contributed by atoms with Crippen LogP contribution in [0.15, 0.2) is 43.1 Å². The molecule has 118 valence electrons. The summed E-state index contributed by atoms with van der Waals surface area (Å²) < 4.78 is 0. The molecule has 0 aliphatic carbocycles. The van der Waals surface area contributed by atoms with Crippen molar-refractivity contribution in [3.05, 3.63) is 48.7 Å². The van der Waals surface area contributed by atoms with Gasteiger partial charge in [-0.2, -0.15) is 0 Å². The maximum Gasteiger partial charge on any atom is 0.0324 e. The Labute approximate surface area is 132 Å². The highest BCUT2D eigenvalue weighted by atomic mass is 15.1. The Kier molecular flexibility index (Phi) is 7.01. The standard InChI is InChI=1S/C20H33N/c1-7-20(5,8-2)17(4)15-19(21(6)9-3)16-18-13-11-10-12-14-18/h9-14,17,19H,3,7-8,15-16H2,1-2,4-6H3. The zero-order chi connectivity index (χ0) is 15.9. The maximum atomic E-state index is 3.96. The van der Waals surface area contributed by atoms with Gasteiger partial charge in [-0.05, 0) is 35.9 Å². The molecule has 0 fully saturated rings. The largest absolute Gasteiger partial charge is 0.378 e. The normalized spacial score (nSPS) is 14.5. The molecule has 0 aromatic heterocycles. The van der Waals surface area contributed by atoms with Gasteiger partial charge in [-0.15, -0.1) is 0 Å². The molecule has 21 heavy (non-hydrogen) atoms. The van der Waals surface area contributed by atoms with Gasteiger partial charge in [-0.25, -0.2) is 0 Å². The first-order valence-corrected chi connectivity index (χ1v) is 8.35. The summed E-state index contributed by atoms with van der Waals surface area (Å²) in [6, 6.07) is 11.3. The van der Waals surface area contributed by atoms with Crippen molar-refractivity contribution in [2.75, 3.05) is 7.05 Å². The fourth-order valence-corrected chi connectivity index (χ4v) is 3.07. The molecule has 2 atom stereocenters. The van der Waals surface area contributed by atoms with Crippen molar-refractivity contribution in [1.29, 1.82) is 0 Å². The summed E-state index contributed by atoms with van der Waals surface area (Å²) >= 11 is 0. The van der Waals surface area contributed by atoms with Crippen LogP contribution in [0.4, 0.5) is 0 Å². The van der Waals surface area contributed by atoms with E-state index in [1.54, 1.807) is 0 Å². The van der Waals surface area contributed by atoms with E-state index in [9.17, 15) is 0 Å². The Morgan fingerprint density at radius 3 is 2.24 bits per heavy atom. The summed E-state index contributed by atoms with van der Waals surface area (Å²) in [5, 5.41) is 0. The van der Waals surface area contributed by atoms with E-state index in [-0.39, 0.29) is 0 Å². The SMILES string of the molecule is C=CN(C)C(Cc1ccccc1)CC(C)C(C)(CC)CC. The Bertz CT molecular complexity index is 405. The first-order chi connectivity index (χ1) is 9.96. The average molecular weight is 287 g/mol. The van der Waals surface area contributed by atoms with Crippen LogP contribution in [0.2, 0.25) is 0 Å². The van der Waals surface area contributed by atoms with Gasteiger partial charge in [0.2, 0.25) is 0 Å². The molecule has 0 radical (unpaired) electrons. The second-order valence-electron chi connectivity index (χ2n) is 6.69. The first kappa shape index (κ1) is 17.8. The molecule has 1 aromatic rings. The van der Waals surface area contributed by atoms with E-state index in [1.165, 1.54) is 24.8 Å². The third kappa shape index (κ3) is 4.91. The highest BCUT2D eigenvalue weighted by Gasteiger charge is 2.30. The molecular weight excluding hydrogens is 254 g/mol. The third-order valence-corrected chi connectivity index (χ3v) is 5.61. The molecule has 0 N–H and O–H groups in total. The summed E-state index contributed by atoms with van der Waals surface area (Å²) in [5.41, 5.74) is 1.86. The van der Waals surface area contributed by atoms with Crippen LogP contribution in [0, 0.1) is 11.3 Å². The van der Waals surface area contributed by atoms with Crippen molar-refractivity contribution < 1.29 is 0 Å². The van der Waals surface area contributed by atoms with Gasteiger partial charge in [0.15, 0.2) is 0 Å². The van der Waals surface area contributed by atoms with Crippen molar-refractivity contribution in [1.82, 2.24) is 4.90 Å². The molecule has 2 unspecified atom stereocenters. The highest BCUT2D eigenvalue weighted by molar-refractivity contribution is 5.16. The summed E-state index contributed by atoms with van der Waals surface area (Å²) in [6.45, 7) is 13.5. The summed E-state index contributed by atoms with van der Waals surface area (Å²) in [4.78, 5) is 2.29. The van der Waals surface area contributed by atoms with Crippen LogP contribution in [0.1, 0.15) is 52.5 Å². The zero-order valence-electron chi connectivity index (χ0n) is 14.6. The molecule has 0 amide bonds. The second-order valence-corrected chi connectivity index (χ2v) is 6.69. The van der Waals surface area contributed by atoms with Crippen molar-refractivity contribution >= 4 is 0 Å². The predicted molar refractivity (Wildman–Crippen MR) is 94.4 cm³/mol. The van der Waals surface area contributed by atoms with E-state index in [0.29, 0.717) is 17.4 Å². The van der Waals surface area contributed by atoms with Crippen molar-refractivity contribution in [2.24, 2.45) is 11.3 Å². The van der Waals surface area contributed by atoms with E-state index in [0.717, 1.165) is 6.42 Å². The minimum atomic E-state index is 0.441. The molecule has 1 aromatic carbocycles. The molecule has 0 aliphatic rings. The molecule has 0 heterocycles. The fourth-order valence-electron chi connectivity index (χ4n) is 3.07. The topological polar surface area (TPSA) is 3.24 Å². The molecule has 0 saturated carbocycles. The summed E-state index contributed by atoms with van der Waals surface area (Å²) in [7, 11) is 2.16. The summed E-state index contributed by atoms with van der Waals surface area (Å²) in [5.74, 6) is 0.712. The van der Waals surface area contributed by atoms with Gasteiger partial charge in [0.25, 0.3) is 0 Å². The average Bonchev–Trinajstić information content (AvgIpc) is 2.53. The number of hydrogen-bond donors (Lipinski definition) is 0. The molecule has 1 rings (SSSR count). The van der Waals surface area contributed by atoms with Crippen LogP contribution in [-0.2, 0) is 6.42 Å². The molecule has 0 aliphatic heterocycles. The number of nitrogens with zero attached hydrogens (tertiary/aromatic N) is 1. The molecule has 0 spiro atoms. The van der Waals surface area contributed by atoms with Crippen LogP contribution in [-0.4, -0.2) is 18.0 Å². The minimum Gasteiger partial charge on any atom is -0.378 e. The minimum absolute atomic E-state index is 0.441. The third-order valence-electron chi connectivity index (χ3n) is 5.61. The second kappa shape index (κ2) is 8.26. The Morgan fingerprint density at radius 1 is 1.19 bits per heavy atom. The zero-order valence-corrected chi connectivity index (χ0v) is 14.6. The Hall–Kier alpha value is -1.24. The molecule has 0 bridgehead atoms. The number of rotatable bonds is 9. The number of likely N-dealkylation sites (N-methyl/N-ethyl adjacent to an activating group) is 1. The van der Waals surface area contributed by atoms with Gasteiger partial charge in [0.05, 0.1) is 0 Å². The number of benzene rings is 1. The quantitative estimate of drug-likeness (QED) is 0.577. The van der Waals surface area contributed by atoms with Gasteiger partial charge in [-0.1, -0.05) is 77.4 Å². The van der Waals surface area contributed by atoms with Gasteiger partial charge in [0, 0.05) is 13.1 Å². The van der Waals surface area contributed by atoms with Crippen LogP contribution < -0.4 is 0 Å². The van der Waals surface area contributed by atoms with Crippen molar-refractivity contribution in [3.63, 3.8) is 0 Å². The Morgan fingerprint density at radius 2 is 1.76 bits per heavy atom. The maximum absolute atomic E-state index is 3.96. The fraction of sp³-hybridized carbons (Fsp3) is 0.600. The smallest absolute Gasteiger partial charge is 0.0324 e. The lowest BCUT2D eigenvalue weighted by Gasteiger charge is -2.38. The van der Waals surface area contributed by atoms with Crippen LogP contribution in [0.25, 0.3) is 0 Å². The van der Waals surface area contributed by atoms with E-state index < -0.39 is 0 Å². The van der Waals surface area contributed by atoms with E-state index in [2.05, 4.69) is 76.6 Å². The van der Waals surface area contributed by atoms with Crippen molar-refractivity contribution in [2.45, 2.75) is 59.4 Å². The lowest BCUT2D eigenvalue weighted by molar-refractivity contribution is 0.139. The lowest BCUT2D eigenvalue weighted by atomic mass is 9.71. The lowest BCUT2D eigenvalue weighted by Crippen LogP contribution is -2.35. The summed E-state index contributed by atoms with van der Waals surface area (Å²) in [6.07, 6.45) is 6.78. The van der Waals surface area contributed by atoms with E-state index >= 15 is 0 Å². The molecule has 1 heteroatoms. The van der Waals surface area contributed by atoms with Gasteiger partial charge in [-0.3, -0.25) is 0 Å². The molecule has 1 nitrogen and oxygen atoms in total. The van der Waals surface area contributed by atoms with E-state index in [4.69, 9.17) is 0 Å². The first-order valence-electron chi connectivity index (χ1n) is 8.35. The monoisotopic (exact) mass is 287 g/mol. The highest BCUT2D eigenvalue weighted by Crippen LogP contribution is 2.38. The van der Waals surface area contributed by atoms with E-state index in [1.807, 2.05) is 6.20 Å². The Balaban J connectivity index is 2.81. The molecular formula is C20H33N. The van der Waals surface area contributed by atoms with Crippen LogP contribution >= 0.6 is 0 Å². The molecule has 0 saturated heterocycles. The van der Waals surface area contributed by atoms with Gasteiger partial charge >= 0.3 is 0 Å². The van der Waals surface area contributed by atoms with Gasteiger partial charge < -0.3 is 4.90 Å². The predicted octanol–water partition coefficient (Wildman–Crippen LogP) is 5.53. The number of hydrogen-bond acceptors (Lipinski definition) is 1. The van der Waals surface area contributed by atoms with Gasteiger partial charge in [0.1, 0.15) is 0 Å².